The smallest absolute Gasteiger partial charge is 0.187 e. The predicted molar refractivity (Wildman–Crippen MR) is 117 cm³/mol. The van der Waals surface area contributed by atoms with E-state index in [4.69, 9.17) is 4.98 Å². The highest BCUT2D eigenvalue weighted by Crippen LogP contribution is 2.32. The zero-order chi connectivity index (χ0) is 18.9. The van der Waals surface area contributed by atoms with E-state index in [9.17, 15) is 0 Å². The van der Waals surface area contributed by atoms with Gasteiger partial charge in [0.1, 0.15) is 0 Å². The summed E-state index contributed by atoms with van der Waals surface area (Å²) in [5.41, 5.74) is 5.18. The third kappa shape index (κ3) is 2.96. The van der Waals surface area contributed by atoms with Gasteiger partial charge < -0.3 is 5.32 Å². The number of para-hydroxylation sites is 1. The minimum atomic E-state index is 0.873. The maximum atomic E-state index is 4.80. The van der Waals surface area contributed by atoms with Crippen LogP contribution in [0.2, 0.25) is 0 Å². The fraction of sp³-hybridized carbons (Fsp3) is 0.0435. The second-order valence-corrected chi connectivity index (χ2v) is 7.44. The highest BCUT2D eigenvalue weighted by Gasteiger charge is 2.13. The van der Waals surface area contributed by atoms with E-state index in [-0.39, 0.29) is 0 Å². The van der Waals surface area contributed by atoms with Crippen LogP contribution in [0, 0.1) is 6.92 Å². The second-order valence-electron chi connectivity index (χ2n) is 6.58. The van der Waals surface area contributed by atoms with Crippen molar-refractivity contribution < 1.29 is 0 Å². The van der Waals surface area contributed by atoms with E-state index >= 15 is 0 Å². The number of rotatable bonds is 4. The Labute approximate surface area is 167 Å². The summed E-state index contributed by atoms with van der Waals surface area (Å²) in [5, 5.41) is 13.4. The van der Waals surface area contributed by atoms with Gasteiger partial charge in [-0.25, -0.2) is 9.67 Å². The van der Waals surface area contributed by atoms with Crippen molar-refractivity contribution in [3.05, 3.63) is 90.1 Å². The number of thiazole rings is 1. The fourth-order valence-corrected chi connectivity index (χ4v) is 4.12. The quantitative estimate of drug-likeness (QED) is 0.402. The third-order valence-electron chi connectivity index (χ3n) is 4.82. The molecule has 0 aliphatic heterocycles. The topological polar surface area (TPSA) is 42.7 Å². The van der Waals surface area contributed by atoms with Crippen LogP contribution in [0.5, 0.6) is 0 Å². The molecule has 5 heteroatoms. The second kappa shape index (κ2) is 6.94. The molecule has 3 aromatic carbocycles. The molecule has 136 valence electrons. The number of hydrogen-bond donors (Lipinski definition) is 1. The van der Waals surface area contributed by atoms with Gasteiger partial charge in [-0.1, -0.05) is 54.6 Å². The van der Waals surface area contributed by atoms with Crippen molar-refractivity contribution >= 4 is 32.9 Å². The van der Waals surface area contributed by atoms with Gasteiger partial charge in [0.2, 0.25) is 0 Å². The van der Waals surface area contributed by atoms with Gasteiger partial charge in [-0.05, 0) is 30.5 Å². The molecule has 0 amide bonds. The molecule has 0 radical (unpaired) electrons. The minimum absolute atomic E-state index is 0.873. The Morgan fingerprint density at radius 3 is 2.57 bits per heavy atom. The first kappa shape index (κ1) is 16.7. The van der Waals surface area contributed by atoms with Crippen LogP contribution < -0.4 is 5.32 Å². The molecule has 5 aromatic rings. The average molecular weight is 382 g/mol. The summed E-state index contributed by atoms with van der Waals surface area (Å²) < 4.78 is 1.95. The molecule has 0 saturated carbocycles. The maximum absolute atomic E-state index is 4.80. The molecule has 0 aliphatic carbocycles. The zero-order valence-electron chi connectivity index (χ0n) is 15.3. The van der Waals surface area contributed by atoms with Crippen molar-refractivity contribution in [1.82, 2.24) is 14.8 Å². The molecule has 5 rings (SSSR count). The van der Waals surface area contributed by atoms with Crippen LogP contribution in [0.25, 0.3) is 27.7 Å². The molecule has 0 fully saturated rings. The largest absolute Gasteiger partial charge is 0.331 e. The highest BCUT2D eigenvalue weighted by molar-refractivity contribution is 7.14. The van der Waals surface area contributed by atoms with Crippen LogP contribution in [0.4, 0.5) is 10.8 Å². The summed E-state index contributed by atoms with van der Waals surface area (Å²) in [6, 6.07) is 24.8. The molecule has 0 atom stereocenters. The molecule has 0 saturated heterocycles. The van der Waals surface area contributed by atoms with E-state index in [0.717, 1.165) is 33.5 Å². The lowest BCUT2D eigenvalue weighted by atomic mass is 10.1. The fourth-order valence-electron chi connectivity index (χ4n) is 3.40. The number of fused-ring (bicyclic) bond motifs is 1. The molecule has 0 bridgehead atoms. The van der Waals surface area contributed by atoms with Crippen molar-refractivity contribution in [2.45, 2.75) is 6.92 Å². The van der Waals surface area contributed by atoms with Gasteiger partial charge in [0.05, 0.1) is 23.3 Å². The lowest BCUT2D eigenvalue weighted by Crippen LogP contribution is -1.98. The number of nitrogens with zero attached hydrogens (tertiary/aromatic N) is 3. The number of aromatic nitrogens is 3. The Kier molecular flexibility index (Phi) is 4.14. The van der Waals surface area contributed by atoms with Gasteiger partial charge in [-0.2, -0.15) is 5.10 Å². The zero-order valence-corrected chi connectivity index (χ0v) is 16.1. The monoisotopic (exact) mass is 382 g/mol. The Morgan fingerprint density at radius 1 is 0.893 bits per heavy atom. The Morgan fingerprint density at radius 2 is 1.68 bits per heavy atom. The first-order valence-corrected chi connectivity index (χ1v) is 9.98. The first-order valence-electron chi connectivity index (χ1n) is 9.10. The first-order chi connectivity index (χ1) is 13.8. The summed E-state index contributed by atoms with van der Waals surface area (Å²) in [6.45, 7) is 2.08. The van der Waals surface area contributed by atoms with Crippen molar-refractivity contribution in [2.75, 3.05) is 5.32 Å². The van der Waals surface area contributed by atoms with E-state index in [0.29, 0.717) is 0 Å². The van der Waals surface area contributed by atoms with Gasteiger partial charge in [-0.3, -0.25) is 0 Å². The van der Waals surface area contributed by atoms with Crippen LogP contribution in [0.15, 0.2) is 84.4 Å². The van der Waals surface area contributed by atoms with Gasteiger partial charge in [0.15, 0.2) is 5.13 Å². The Hall–Kier alpha value is -3.44. The SMILES string of the molecule is Cc1c(-c2csc(Nc3cccc4ccccc34)n2)cnn1-c1ccccc1. The molecular formula is C23H18N4S. The van der Waals surface area contributed by atoms with E-state index in [1.807, 2.05) is 29.1 Å². The lowest BCUT2D eigenvalue weighted by molar-refractivity contribution is 0.847. The molecule has 1 N–H and O–H groups in total. The molecule has 2 aromatic heterocycles. The number of nitrogens with one attached hydrogen (secondary N) is 1. The highest BCUT2D eigenvalue weighted by atomic mass is 32.1. The number of anilines is 2. The molecule has 0 aliphatic rings. The van der Waals surface area contributed by atoms with Gasteiger partial charge in [0, 0.05) is 22.0 Å². The van der Waals surface area contributed by atoms with Crippen molar-refractivity contribution in [3.8, 4) is 16.9 Å². The van der Waals surface area contributed by atoms with E-state index in [1.54, 1.807) is 11.3 Å². The van der Waals surface area contributed by atoms with Gasteiger partial charge >= 0.3 is 0 Å². The van der Waals surface area contributed by atoms with Crippen LogP contribution in [0.1, 0.15) is 5.69 Å². The van der Waals surface area contributed by atoms with Gasteiger partial charge in [0.25, 0.3) is 0 Å². The standard InChI is InChI=1S/C23H18N4S/c1-16-20(14-24-27(16)18-10-3-2-4-11-18)22-15-28-23(26-22)25-21-13-7-9-17-8-5-6-12-19(17)21/h2-15H,1H3,(H,25,26). The Balaban J connectivity index is 1.46. The Bertz CT molecular complexity index is 1250. The van der Waals surface area contributed by atoms with Crippen molar-refractivity contribution in [1.29, 1.82) is 0 Å². The van der Waals surface area contributed by atoms with Crippen LogP contribution in [0.3, 0.4) is 0 Å². The van der Waals surface area contributed by atoms with Gasteiger partial charge in [-0.15, -0.1) is 11.3 Å². The number of hydrogen-bond acceptors (Lipinski definition) is 4. The summed E-state index contributed by atoms with van der Waals surface area (Å²) in [5.74, 6) is 0. The molecule has 28 heavy (non-hydrogen) atoms. The van der Waals surface area contributed by atoms with Crippen LogP contribution in [-0.2, 0) is 0 Å². The summed E-state index contributed by atoms with van der Waals surface area (Å²) in [4.78, 5) is 4.80. The van der Waals surface area contributed by atoms with Crippen LogP contribution in [-0.4, -0.2) is 14.8 Å². The average Bonchev–Trinajstić information content (AvgIpc) is 3.35. The lowest BCUT2D eigenvalue weighted by Gasteiger charge is -2.07. The van der Waals surface area contributed by atoms with Crippen LogP contribution >= 0.6 is 11.3 Å². The predicted octanol–water partition coefficient (Wildman–Crippen LogP) is 6.20. The van der Waals surface area contributed by atoms with E-state index < -0.39 is 0 Å². The minimum Gasteiger partial charge on any atom is -0.331 e. The van der Waals surface area contributed by atoms with Crippen molar-refractivity contribution in [3.63, 3.8) is 0 Å². The molecule has 4 nitrogen and oxygen atoms in total. The third-order valence-corrected chi connectivity index (χ3v) is 5.58. The molecular weight excluding hydrogens is 364 g/mol. The van der Waals surface area contributed by atoms with E-state index in [1.165, 1.54) is 10.8 Å². The summed E-state index contributed by atoms with van der Waals surface area (Å²) >= 11 is 1.60. The van der Waals surface area contributed by atoms with Crippen molar-refractivity contribution in [2.24, 2.45) is 0 Å². The molecule has 0 spiro atoms. The van der Waals surface area contributed by atoms with E-state index in [2.05, 4.69) is 77.3 Å². The summed E-state index contributed by atoms with van der Waals surface area (Å²) in [6.07, 6.45) is 1.89. The summed E-state index contributed by atoms with van der Waals surface area (Å²) in [7, 11) is 0. The normalized spacial score (nSPS) is 11.0. The molecule has 2 heterocycles. The molecule has 0 unspecified atom stereocenters. The maximum Gasteiger partial charge on any atom is 0.187 e. The number of benzene rings is 3.